The number of piperidine rings is 1. The molecule has 3 aromatic rings. The van der Waals surface area contributed by atoms with Crippen LogP contribution in [-0.4, -0.2) is 47.5 Å². The maximum absolute atomic E-state index is 12.5. The Balaban J connectivity index is 1.21. The van der Waals surface area contributed by atoms with Crippen LogP contribution in [0.15, 0.2) is 53.9 Å². The molecule has 1 aliphatic rings. The molecular weight excluding hydrogens is 434 g/mol. The molecule has 1 saturated heterocycles. The number of rotatable bonds is 6. The largest absolute Gasteiger partial charge is 0.335 e. The number of likely N-dealkylation sites (tertiary alicyclic amines) is 1. The first-order valence-corrected chi connectivity index (χ1v) is 12.0. The van der Waals surface area contributed by atoms with Crippen molar-refractivity contribution in [2.75, 3.05) is 30.3 Å². The van der Waals surface area contributed by atoms with E-state index in [2.05, 4.69) is 57.9 Å². The van der Waals surface area contributed by atoms with Gasteiger partial charge in [0.2, 0.25) is 5.91 Å². The normalized spacial score (nSPS) is 14.6. The lowest BCUT2D eigenvalue weighted by molar-refractivity contribution is -0.117. The van der Waals surface area contributed by atoms with Crippen molar-refractivity contribution in [1.82, 2.24) is 15.2 Å². The van der Waals surface area contributed by atoms with Crippen LogP contribution in [0.1, 0.15) is 24.0 Å². The first-order valence-electron chi connectivity index (χ1n) is 11.1. The van der Waals surface area contributed by atoms with Gasteiger partial charge in [0.25, 0.3) is 0 Å². The molecule has 0 spiro atoms. The molecule has 172 valence electrons. The third kappa shape index (κ3) is 6.40. The molecule has 0 atom stereocenters. The Morgan fingerprint density at radius 2 is 1.79 bits per heavy atom. The summed E-state index contributed by atoms with van der Waals surface area (Å²) in [7, 11) is 0. The maximum atomic E-state index is 12.5. The van der Waals surface area contributed by atoms with Gasteiger partial charge < -0.3 is 16.0 Å². The van der Waals surface area contributed by atoms with E-state index in [0.29, 0.717) is 11.7 Å². The van der Waals surface area contributed by atoms with Crippen molar-refractivity contribution in [3.05, 3.63) is 65.0 Å². The Morgan fingerprint density at radius 3 is 2.52 bits per heavy atom. The molecular formula is C25H29N5O2S. The second-order valence-electron chi connectivity index (χ2n) is 8.40. The number of aromatic nitrogens is 1. The number of para-hydroxylation sites is 1. The Hall–Kier alpha value is -3.23. The van der Waals surface area contributed by atoms with E-state index in [9.17, 15) is 9.59 Å². The Labute approximate surface area is 198 Å². The number of aryl methyl sites for hydroxylation is 2. The summed E-state index contributed by atoms with van der Waals surface area (Å²) in [6, 6.07) is 15.6. The molecule has 0 radical (unpaired) electrons. The van der Waals surface area contributed by atoms with Crippen LogP contribution in [0.5, 0.6) is 0 Å². The average Bonchev–Trinajstić information content (AvgIpc) is 3.26. The number of nitrogens with zero attached hydrogens (tertiary/aromatic N) is 2. The van der Waals surface area contributed by atoms with Gasteiger partial charge in [-0.3, -0.25) is 9.69 Å². The zero-order valence-electron chi connectivity index (χ0n) is 18.9. The number of hydrogen-bond acceptors (Lipinski definition) is 5. The lowest BCUT2D eigenvalue weighted by atomic mass is 10.1. The number of benzene rings is 2. The predicted molar refractivity (Wildman–Crippen MR) is 134 cm³/mol. The van der Waals surface area contributed by atoms with Gasteiger partial charge in [-0.15, -0.1) is 11.3 Å². The maximum Gasteiger partial charge on any atom is 0.319 e. The molecule has 0 aliphatic carbocycles. The van der Waals surface area contributed by atoms with Gasteiger partial charge in [0.15, 0.2) is 5.13 Å². The summed E-state index contributed by atoms with van der Waals surface area (Å²) in [5.74, 6) is -0.0655. The molecule has 1 fully saturated rings. The number of carbonyl (C=O) groups is 2. The van der Waals surface area contributed by atoms with Crippen LogP contribution in [0, 0.1) is 13.8 Å². The van der Waals surface area contributed by atoms with E-state index in [-0.39, 0.29) is 18.0 Å². The third-order valence-electron chi connectivity index (χ3n) is 5.87. The van der Waals surface area contributed by atoms with E-state index in [1.807, 2.05) is 35.7 Å². The van der Waals surface area contributed by atoms with Crippen molar-refractivity contribution in [2.45, 2.75) is 32.7 Å². The zero-order valence-corrected chi connectivity index (χ0v) is 19.7. The van der Waals surface area contributed by atoms with E-state index in [4.69, 9.17) is 0 Å². The van der Waals surface area contributed by atoms with E-state index in [1.54, 1.807) is 0 Å². The van der Waals surface area contributed by atoms with Crippen molar-refractivity contribution in [3.8, 4) is 11.3 Å². The summed E-state index contributed by atoms with van der Waals surface area (Å²) in [6.07, 6.45) is 1.62. The second kappa shape index (κ2) is 10.6. The smallest absolute Gasteiger partial charge is 0.319 e. The second-order valence-corrected chi connectivity index (χ2v) is 9.26. The number of hydrogen-bond donors (Lipinski definition) is 3. The number of nitrogens with one attached hydrogen (secondary N) is 3. The summed E-state index contributed by atoms with van der Waals surface area (Å²) in [5.41, 5.74) is 5.17. The van der Waals surface area contributed by atoms with E-state index in [1.165, 1.54) is 22.5 Å². The van der Waals surface area contributed by atoms with Gasteiger partial charge in [-0.25, -0.2) is 9.78 Å². The fourth-order valence-electron chi connectivity index (χ4n) is 3.84. The van der Waals surface area contributed by atoms with Gasteiger partial charge >= 0.3 is 6.03 Å². The van der Waals surface area contributed by atoms with Crippen molar-refractivity contribution in [2.24, 2.45) is 0 Å². The Bertz CT molecular complexity index is 1110. The van der Waals surface area contributed by atoms with Crippen LogP contribution in [-0.2, 0) is 4.79 Å². The molecule has 1 aliphatic heterocycles. The van der Waals surface area contributed by atoms with Crippen LogP contribution >= 0.6 is 11.3 Å². The molecule has 4 rings (SSSR count). The Kier molecular flexibility index (Phi) is 7.36. The van der Waals surface area contributed by atoms with Gasteiger partial charge in [0.05, 0.1) is 12.2 Å². The first-order chi connectivity index (χ1) is 16.0. The summed E-state index contributed by atoms with van der Waals surface area (Å²) in [5, 5.41) is 11.4. The van der Waals surface area contributed by atoms with Gasteiger partial charge in [-0.1, -0.05) is 30.3 Å². The van der Waals surface area contributed by atoms with Gasteiger partial charge in [0.1, 0.15) is 0 Å². The van der Waals surface area contributed by atoms with Crippen molar-refractivity contribution < 1.29 is 9.59 Å². The minimum atomic E-state index is -0.194. The highest BCUT2D eigenvalue weighted by atomic mass is 32.1. The van der Waals surface area contributed by atoms with E-state index in [0.717, 1.165) is 42.9 Å². The summed E-state index contributed by atoms with van der Waals surface area (Å²) < 4.78 is 0. The lowest BCUT2D eigenvalue weighted by Gasteiger charge is -2.31. The molecule has 7 nitrogen and oxygen atoms in total. The van der Waals surface area contributed by atoms with Crippen molar-refractivity contribution >= 4 is 34.1 Å². The molecule has 0 saturated carbocycles. The van der Waals surface area contributed by atoms with Crippen LogP contribution in [0.2, 0.25) is 0 Å². The number of carbonyl (C=O) groups excluding carboxylic acids is 2. The number of urea groups is 1. The molecule has 3 N–H and O–H groups in total. The van der Waals surface area contributed by atoms with Gasteiger partial charge in [-0.05, 0) is 56.0 Å². The number of anilines is 2. The quantitative estimate of drug-likeness (QED) is 0.497. The zero-order chi connectivity index (χ0) is 23.2. The molecule has 8 heteroatoms. The van der Waals surface area contributed by atoms with Crippen LogP contribution < -0.4 is 16.0 Å². The van der Waals surface area contributed by atoms with Gasteiger partial charge in [-0.2, -0.15) is 0 Å². The topological polar surface area (TPSA) is 86.4 Å². The lowest BCUT2D eigenvalue weighted by Crippen LogP contribution is -2.47. The monoisotopic (exact) mass is 463 g/mol. The molecule has 2 aromatic carbocycles. The molecule has 2 heterocycles. The molecule has 1 aromatic heterocycles. The molecule has 33 heavy (non-hydrogen) atoms. The Morgan fingerprint density at radius 1 is 1.03 bits per heavy atom. The fourth-order valence-corrected chi connectivity index (χ4v) is 4.57. The summed E-state index contributed by atoms with van der Waals surface area (Å²) in [4.78, 5) is 31.4. The fraction of sp³-hybridized carbons (Fsp3) is 0.320. The average molecular weight is 464 g/mol. The molecule has 0 unspecified atom stereocenters. The van der Waals surface area contributed by atoms with Crippen LogP contribution in [0.25, 0.3) is 11.3 Å². The van der Waals surface area contributed by atoms with E-state index < -0.39 is 0 Å². The third-order valence-corrected chi connectivity index (χ3v) is 6.63. The highest BCUT2D eigenvalue weighted by molar-refractivity contribution is 7.14. The highest BCUT2D eigenvalue weighted by Gasteiger charge is 2.22. The molecule has 0 bridgehead atoms. The van der Waals surface area contributed by atoms with Crippen molar-refractivity contribution in [1.29, 1.82) is 0 Å². The van der Waals surface area contributed by atoms with Crippen molar-refractivity contribution in [3.63, 3.8) is 0 Å². The highest BCUT2D eigenvalue weighted by Crippen LogP contribution is 2.26. The minimum absolute atomic E-state index is 0.0655. The standard InChI is InChI=1S/C25H29N5O2S/c1-17-8-9-19(14-18(17)2)22-16-33-25(28-22)29-23(31)15-30-12-10-21(11-13-30)27-24(32)26-20-6-4-3-5-7-20/h3-9,14,16,21H,10-13,15H2,1-2H3,(H2,26,27,32)(H,28,29,31). The number of amides is 3. The summed E-state index contributed by atoms with van der Waals surface area (Å²) in [6.45, 7) is 6.01. The predicted octanol–water partition coefficient (Wildman–Crippen LogP) is 4.65. The van der Waals surface area contributed by atoms with E-state index >= 15 is 0 Å². The summed E-state index contributed by atoms with van der Waals surface area (Å²) >= 11 is 1.44. The van der Waals surface area contributed by atoms with Crippen LogP contribution in [0.4, 0.5) is 15.6 Å². The number of thiazole rings is 1. The van der Waals surface area contributed by atoms with Crippen LogP contribution in [0.3, 0.4) is 0 Å². The minimum Gasteiger partial charge on any atom is -0.335 e. The SMILES string of the molecule is Cc1ccc(-c2csc(NC(=O)CN3CCC(NC(=O)Nc4ccccc4)CC3)n2)cc1C. The molecule has 3 amide bonds. The van der Waals surface area contributed by atoms with Gasteiger partial charge in [0, 0.05) is 35.8 Å². The first kappa shape index (κ1) is 22.9.